The highest BCUT2D eigenvalue weighted by molar-refractivity contribution is 5.81. The number of benzene rings is 1. The highest BCUT2D eigenvalue weighted by atomic mass is 16.2. The van der Waals surface area contributed by atoms with E-state index in [1.54, 1.807) is 4.90 Å². The van der Waals surface area contributed by atoms with Crippen molar-refractivity contribution < 1.29 is 9.59 Å². The van der Waals surface area contributed by atoms with Gasteiger partial charge in [0.25, 0.3) is 0 Å². The molecule has 2 N–H and O–H groups in total. The highest BCUT2D eigenvalue weighted by Crippen LogP contribution is 2.22. The van der Waals surface area contributed by atoms with Crippen LogP contribution >= 0.6 is 0 Å². The Morgan fingerprint density at radius 2 is 1.88 bits per heavy atom. The molecule has 1 aromatic rings. The summed E-state index contributed by atoms with van der Waals surface area (Å²) in [4.78, 5) is 28.2. The molecule has 0 aromatic heterocycles. The largest absolute Gasteiger partial charge is 0.369 e. The number of aryl methyl sites for hydroxylation is 2. The van der Waals surface area contributed by atoms with Gasteiger partial charge in [-0.25, -0.2) is 0 Å². The lowest BCUT2D eigenvalue weighted by Gasteiger charge is -2.23. The molecule has 1 heterocycles. The highest BCUT2D eigenvalue weighted by Gasteiger charge is 2.27. The minimum atomic E-state index is -0.324. The molecule has 1 aliphatic carbocycles. The van der Waals surface area contributed by atoms with Crippen molar-refractivity contribution in [3.05, 3.63) is 34.9 Å². The lowest BCUT2D eigenvalue weighted by Crippen LogP contribution is -2.40. The van der Waals surface area contributed by atoms with E-state index in [9.17, 15) is 9.59 Å². The third-order valence-electron chi connectivity index (χ3n) is 5.25. The molecular formula is C19H27N3O2. The van der Waals surface area contributed by atoms with Crippen molar-refractivity contribution in [2.24, 2.45) is 11.7 Å². The predicted octanol–water partition coefficient (Wildman–Crippen LogP) is 0.983. The van der Waals surface area contributed by atoms with Crippen LogP contribution in [0.5, 0.6) is 0 Å². The molecule has 2 aliphatic rings. The number of nitrogens with two attached hydrogens (primary N) is 1. The van der Waals surface area contributed by atoms with Gasteiger partial charge in [-0.2, -0.15) is 0 Å². The first-order chi connectivity index (χ1) is 11.5. The lowest BCUT2D eigenvalue weighted by atomic mass is 9.90. The van der Waals surface area contributed by atoms with E-state index in [1.165, 1.54) is 24.0 Å². The van der Waals surface area contributed by atoms with Crippen molar-refractivity contribution in [2.45, 2.75) is 32.1 Å². The van der Waals surface area contributed by atoms with Crippen LogP contribution in [0.1, 0.15) is 29.5 Å². The summed E-state index contributed by atoms with van der Waals surface area (Å²) in [5.74, 6) is -0.521. The van der Waals surface area contributed by atoms with Crippen LogP contribution in [-0.4, -0.2) is 54.8 Å². The summed E-state index contributed by atoms with van der Waals surface area (Å²) < 4.78 is 0. The number of carbonyl (C=O) groups is 2. The van der Waals surface area contributed by atoms with Crippen molar-refractivity contribution in [1.29, 1.82) is 0 Å². The van der Waals surface area contributed by atoms with Gasteiger partial charge in [0.05, 0.1) is 12.3 Å². The van der Waals surface area contributed by atoms with Crippen LogP contribution in [0.15, 0.2) is 18.2 Å². The third kappa shape index (κ3) is 3.96. The molecule has 0 radical (unpaired) electrons. The number of likely N-dealkylation sites (N-methyl/N-ethyl adjacent to an activating group) is 1. The Labute approximate surface area is 143 Å². The summed E-state index contributed by atoms with van der Waals surface area (Å²) in [7, 11) is 1.97. The number of primary amides is 1. The van der Waals surface area contributed by atoms with Crippen LogP contribution in [0, 0.1) is 5.92 Å². The van der Waals surface area contributed by atoms with Gasteiger partial charge < -0.3 is 15.5 Å². The summed E-state index contributed by atoms with van der Waals surface area (Å²) in [6.07, 6.45) is 5.19. The Morgan fingerprint density at radius 3 is 2.62 bits per heavy atom. The molecule has 5 nitrogen and oxygen atoms in total. The van der Waals surface area contributed by atoms with E-state index in [1.807, 2.05) is 7.05 Å². The fourth-order valence-electron chi connectivity index (χ4n) is 3.76. The Balaban J connectivity index is 1.68. The molecule has 2 amide bonds. The fourth-order valence-corrected chi connectivity index (χ4v) is 3.76. The molecule has 5 heteroatoms. The van der Waals surface area contributed by atoms with Crippen LogP contribution in [0.4, 0.5) is 0 Å². The smallest absolute Gasteiger partial charge is 0.227 e. The molecule has 0 spiro atoms. The first-order valence-corrected chi connectivity index (χ1v) is 8.89. The monoisotopic (exact) mass is 329 g/mol. The van der Waals surface area contributed by atoms with E-state index in [-0.39, 0.29) is 17.7 Å². The van der Waals surface area contributed by atoms with E-state index in [2.05, 4.69) is 23.1 Å². The van der Waals surface area contributed by atoms with Crippen molar-refractivity contribution in [1.82, 2.24) is 9.80 Å². The Hall–Kier alpha value is -1.88. The maximum absolute atomic E-state index is 12.7. The molecule has 0 saturated carbocycles. The second-order valence-corrected chi connectivity index (χ2v) is 7.19. The van der Waals surface area contributed by atoms with Gasteiger partial charge in [0, 0.05) is 26.2 Å². The van der Waals surface area contributed by atoms with E-state index in [4.69, 9.17) is 5.73 Å². The minimum absolute atomic E-state index is 0.0901. The van der Waals surface area contributed by atoms with Gasteiger partial charge in [-0.05, 0) is 49.4 Å². The Morgan fingerprint density at radius 1 is 1.12 bits per heavy atom. The van der Waals surface area contributed by atoms with Crippen LogP contribution < -0.4 is 5.73 Å². The number of hydrogen-bond acceptors (Lipinski definition) is 3. The van der Waals surface area contributed by atoms with Gasteiger partial charge in [-0.1, -0.05) is 18.2 Å². The number of rotatable bonds is 3. The van der Waals surface area contributed by atoms with Gasteiger partial charge in [-0.15, -0.1) is 0 Å². The van der Waals surface area contributed by atoms with Gasteiger partial charge in [0.1, 0.15) is 0 Å². The number of hydrogen-bond donors (Lipinski definition) is 1. The summed E-state index contributed by atoms with van der Waals surface area (Å²) in [6, 6.07) is 6.46. The standard InChI is InChI=1S/C19H27N3O2/c1-21-8-9-22(13-17(12-21)19(20)24)18(23)11-14-6-7-15-4-2-3-5-16(15)10-14/h6-7,10,17H,2-5,8-9,11-13H2,1H3,(H2,20,24). The summed E-state index contributed by atoms with van der Waals surface area (Å²) in [5, 5.41) is 0. The molecule has 1 aromatic carbocycles. The van der Waals surface area contributed by atoms with Crippen LogP contribution in [0.3, 0.4) is 0 Å². The van der Waals surface area contributed by atoms with Crippen molar-refractivity contribution in [3.8, 4) is 0 Å². The second-order valence-electron chi connectivity index (χ2n) is 7.19. The van der Waals surface area contributed by atoms with Crippen molar-refractivity contribution in [2.75, 3.05) is 33.2 Å². The summed E-state index contributed by atoms with van der Waals surface area (Å²) in [6.45, 7) is 2.49. The van der Waals surface area contributed by atoms with Crippen molar-refractivity contribution >= 4 is 11.8 Å². The molecule has 1 aliphatic heterocycles. The topological polar surface area (TPSA) is 66.6 Å². The maximum atomic E-state index is 12.7. The zero-order valence-electron chi connectivity index (χ0n) is 14.5. The third-order valence-corrected chi connectivity index (χ3v) is 5.25. The predicted molar refractivity (Wildman–Crippen MR) is 93.5 cm³/mol. The fraction of sp³-hybridized carbons (Fsp3) is 0.579. The average Bonchev–Trinajstić information content (AvgIpc) is 2.77. The molecule has 130 valence electrons. The van der Waals surface area contributed by atoms with Crippen LogP contribution in [0.25, 0.3) is 0 Å². The molecule has 1 unspecified atom stereocenters. The zero-order valence-corrected chi connectivity index (χ0v) is 14.5. The normalized spacial score (nSPS) is 21.9. The molecule has 24 heavy (non-hydrogen) atoms. The zero-order chi connectivity index (χ0) is 17.1. The number of fused-ring (bicyclic) bond motifs is 1. The van der Waals surface area contributed by atoms with E-state index >= 15 is 0 Å². The van der Waals surface area contributed by atoms with E-state index in [0.29, 0.717) is 26.1 Å². The van der Waals surface area contributed by atoms with E-state index < -0.39 is 0 Å². The second kappa shape index (κ2) is 7.34. The van der Waals surface area contributed by atoms with Gasteiger partial charge in [0.2, 0.25) is 11.8 Å². The Kier molecular flexibility index (Phi) is 5.19. The Bertz CT molecular complexity index is 629. The van der Waals surface area contributed by atoms with Gasteiger partial charge in [-0.3, -0.25) is 9.59 Å². The lowest BCUT2D eigenvalue weighted by molar-refractivity contribution is -0.131. The molecule has 1 fully saturated rings. The SMILES string of the molecule is CN1CCN(C(=O)Cc2ccc3c(c2)CCCC3)CC(C(N)=O)C1. The first-order valence-electron chi connectivity index (χ1n) is 8.89. The number of nitrogens with zero attached hydrogens (tertiary/aromatic N) is 2. The average molecular weight is 329 g/mol. The van der Waals surface area contributed by atoms with Gasteiger partial charge >= 0.3 is 0 Å². The summed E-state index contributed by atoms with van der Waals surface area (Å²) in [5.41, 5.74) is 9.40. The van der Waals surface area contributed by atoms with Gasteiger partial charge in [0.15, 0.2) is 0 Å². The van der Waals surface area contributed by atoms with Crippen molar-refractivity contribution in [3.63, 3.8) is 0 Å². The molecule has 0 bridgehead atoms. The molecule has 1 saturated heterocycles. The van der Waals surface area contributed by atoms with Crippen LogP contribution in [0.2, 0.25) is 0 Å². The number of amides is 2. The van der Waals surface area contributed by atoms with Crippen LogP contribution in [-0.2, 0) is 28.9 Å². The molecule has 3 rings (SSSR count). The van der Waals surface area contributed by atoms with E-state index in [0.717, 1.165) is 24.9 Å². The summed E-state index contributed by atoms with van der Waals surface area (Å²) >= 11 is 0. The molecule has 1 atom stereocenters. The minimum Gasteiger partial charge on any atom is -0.369 e. The molecular weight excluding hydrogens is 302 g/mol. The quantitative estimate of drug-likeness (QED) is 0.899. The number of carbonyl (C=O) groups excluding carboxylic acids is 2. The maximum Gasteiger partial charge on any atom is 0.227 e. The first kappa shape index (κ1) is 17.0.